The van der Waals surface area contributed by atoms with Gasteiger partial charge in [-0.25, -0.2) is 8.42 Å². The molecule has 1 fully saturated rings. The Bertz CT molecular complexity index is 965. The molecule has 1 aromatic carbocycles. The predicted molar refractivity (Wildman–Crippen MR) is 108 cm³/mol. The highest BCUT2D eigenvalue weighted by Crippen LogP contribution is 2.34. The second-order valence-corrected chi connectivity index (χ2v) is 9.25. The summed E-state index contributed by atoms with van der Waals surface area (Å²) in [5, 5.41) is 8.56. The largest absolute Gasteiger partial charge is 0.486 e. The lowest BCUT2D eigenvalue weighted by atomic mass is 9.98. The summed E-state index contributed by atoms with van der Waals surface area (Å²) in [4.78, 5) is 25.6. The molecular weight excluding hydrogens is 426 g/mol. The molecule has 0 saturated carbocycles. The van der Waals surface area contributed by atoms with Gasteiger partial charge in [0.25, 0.3) is 5.91 Å². The summed E-state index contributed by atoms with van der Waals surface area (Å²) in [6.45, 7) is 1.00. The van der Waals surface area contributed by atoms with Crippen LogP contribution in [0.25, 0.3) is 0 Å². The Kier molecular flexibility index (Phi) is 7.35. The fourth-order valence-corrected chi connectivity index (χ4v) is 4.85. The second-order valence-electron chi connectivity index (χ2n) is 7.31. The van der Waals surface area contributed by atoms with Crippen molar-refractivity contribution in [1.82, 2.24) is 9.21 Å². The Morgan fingerprint density at radius 3 is 2.58 bits per heavy atom. The van der Waals surface area contributed by atoms with E-state index < -0.39 is 28.5 Å². The predicted octanol–water partition coefficient (Wildman–Crippen LogP) is 0.774. The summed E-state index contributed by atoms with van der Waals surface area (Å²) in [7, 11) is -2.20. The van der Waals surface area contributed by atoms with E-state index in [-0.39, 0.29) is 36.9 Å². The quantitative estimate of drug-likeness (QED) is 0.557. The van der Waals surface area contributed by atoms with Gasteiger partial charge < -0.3 is 19.1 Å². The molecule has 0 aromatic heterocycles. The van der Waals surface area contributed by atoms with E-state index in [9.17, 15) is 18.0 Å². The molecule has 2 aliphatic heterocycles. The smallest absolute Gasteiger partial charge is 0.309 e. The van der Waals surface area contributed by atoms with Gasteiger partial charge in [0.05, 0.1) is 23.3 Å². The van der Waals surface area contributed by atoms with Crippen molar-refractivity contribution in [2.75, 3.05) is 46.5 Å². The number of carbonyl (C=O) groups is 2. The number of likely N-dealkylation sites (N-methyl/N-ethyl adjacent to an activating group) is 1. The topological polar surface area (TPSA) is 126 Å². The molecule has 31 heavy (non-hydrogen) atoms. The molecule has 1 amide bonds. The molecule has 3 rings (SSSR count). The highest BCUT2D eigenvalue weighted by molar-refractivity contribution is 7.89. The number of ether oxygens (including phenoxy) is 3. The molecule has 0 N–H and O–H groups in total. The number of hydrogen-bond donors (Lipinski definition) is 0. The van der Waals surface area contributed by atoms with Crippen LogP contribution < -0.4 is 9.47 Å². The number of rotatable bonds is 7. The second kappa shape index (κ2) is 9.98. The zero-order valence-electron chi connectivity index (χ0n) is 17.3. The van der Waals surface area contributed by atoms with Gasteiger partial charge in [0.2, 0.25) is 10.0 Å². The van der Waals surface area contributed by atoms with E-state index in [1.807, 2.05) is 6.07 Å². The van der Waals surface area contributed by atoms with Gasteiger partial charge in [-0.2, -0.15) is 9.57 Å². The maximum absolute atomic E-state index is 13.0. The SMILES string of the molecule is CN(CCC#N)C(=O)COC(=O)C1CCN(S(=O)(=O)c2ccc3c(c2)OCCO3)CC1. The Hall–Kier alpha value is -2.84. The molecule has 1 aromatic rings. The number of hydrogen-bond acceptors (Lipinski definition) is 8. The van der Waals surface area contributed by atoms with Crippen LogP contribution in [0.4, 0.5) is 0 Å². The van der Waals surface area contributed by atoms with Crippen LogP contribution in [0.15, 0.2) is 23.1 Å². The zero-order chi connectivity index (χ0) is 22.4. The normalized spacial score (nSPS) is 16.9. The van der Waals surface area contributed by atoms with Crippen LogP contribution in [-0.4, -0.2) is 76.0 Å². The van der Waals surface area contributed by atoms with E-state index in [2.05, 4.69) is 0 Å². The van der Waals surface area contributed by atoms with Crippen LogP contribution in [0.3, 0.4) is 0 Å². The van der Waals surface area contributed by atoms with Crippen molar-refractivity contribution in [3.63, 3.8) is 0 Å². The monoisotopic (exact) mass is 451 g/mol. The van der Waals surface area contributed by atoms with E-state index >= 15 is 0 Å². The molecule has 11 heteroatoms. The number of benzene rings is 1. The van der Waals surface area contributed by atoms with Crippen LogP contribution >= 0.6 is 0 Å². The maximum Gasteiger partial charge on any atom is 0.309 e. The van der Waals surface area contributed by atoms with E-state index in [0.29, 0.717) is 37.6 Å². The minimum Gasteiger partial charge on any atom is -0.486 e. The van der Waals surface area contributed by atoms with Gasteiger partial charge >= 0.3 is 5.97 Å². The molecule has 0 aliphatic carbocycles. The van der Waals surface area contributed by atoms with Crippen molar-refractivity contribution in [3.05, 3.63) is 18.2 Å². The lowest BCUT2D eigenvalue weighted by Gasteiger charge is -2.30. The molecule has 2 aliphatic rings. The molecule has 0 bridgehead atoms. The molecule has 0 atom stereocenters. The highest BCUT2D eigenvalue weighted by Gasteiger charge is 2.33. The van der Waals surface area contributed by atoms with Crippen molar-refractivity contribution >= 4 is 21.9 Å². The third kappa shape index (κ3) is 5.45. The third-order valence-electron chi connectivity index (χ3n) is 5.26. The first kappa shape index (κ1) is 22.8. The third-order valence-corrected chi connectivity index (χ3v) is 7.16. The Balaban J connectivity index is 1.52. The number of amides is 1. The van der Waals surface area contributed by atoms with Gasteiger partial charge in [0.15, 0.2) is 18.1 Å². The van der Waals surface area contributed by atoms with Crippen molar-refractivity contribution in [2.24, 2.45) is 5.92 Å². The highest BCUT2D eigenvalue weighted by atomic mass is 32.2. The lowest BCUT2D eigenvalue weighted by Crippen LogP contribution is -2.41. The first-order valence-corrected chi connectivity index (χ1v) is 11.4. The fourth-order valence-electron chi connectivity index (χ4n) is 3.37. The van der Waals surface area contributed by atoms with Crippen LogP contribution in [0.2, 0.25) is 0 Å². The lowest BCUT2D eigenvalue weighted by molar-refractivity contribution is -0.156. The van der Waals surface area contributed by atoms with Crippen molar-refractivity contribution in [2.45, 2.75) is 24.2 Å². The van der Waals surface area contributed by atoms with Gasteiger partial charge in [-0.05, 0) is 25.0 Å². The average molecular weight is 452 g/mol. The molecule has 10 nitrogen and oxygen atoms in total. The van der Waals surface area contributed by atoms with Gasteiger partial charge in [-0.3, -0.25) is 9.59 Å². The summed E-state index contributed by atoms with van der Waals surface area (Å²) in [5.41, 5.74) is 0. The number of sulfonamides is 1. The summed E-state index contributed by atoms with van der Waals surface area (Å²) < 4.78 is 43.3. The number of carbonyl (C=O) groups excluding carboxylic acids is 2. The summed E-state index contributed by atoms with van der Waals surface area (Å²) in [6, 6.07) is 6.46. The molecule has 2 heterocycles. The Morgan fingerprint density at radius 2 is 1.90 bits per heavy atom. The first-order valence-electron chi connectivity index (χ1n) is 10.0. The molecule has 0 spiro atoms. The molecule has 0 radical (unpaired) electrons. The molecule has 168 valence electrons. The molecule has 0 unspecified atom stereocenters. The number of piperidine rings is 1. The number of esters is 1. The number of fused-ring (bicyclic) bond motifs is 1. The summed E-state index contributed by atoms with van der Waals surface area (Å²) in [6.07, 6.45) is 0.814. The molecule has 1 saturated heterocycles. The van der Waals surface area contributed by atoms with Crippen molar-refractivity contribution in [1.29, 1.82) is 5.26 Å². The van der Waals surface area contributed by atoms with Crippen LogP contribution in [-0.2, 0) is 24.3 Å². The van der Waals surface area contributed by atoms with Crippen molar-refractivity contribution in [3.8, 4) is 17.6 Å². The van der Waals surface area contributed by atoms with E-state index in [0.717, 1.165) is 0 Å². The van der Waals surface area contributed by atoms with Gasteiger partial charge in [0, 0.05) is 32.7 Å². The van der Waals surface area contributed by atoms with Crippen molar-refractivity contribution < 1.29 is 32.2 Å². The van der Waals surface area contributed by atoms with E-state index in [4.69, 9.17) is 19.5 Å². The first-order chi connectivity index (χ1) is 14.8. The van der Waals surface area contributed by atoms with E-state index in [1.54, 1.807) is 6.07 Å². The minimum atomic E-state index is -3.73. The Labute approximate surface area is 181 Å². The summed E-state index contributed by atoms with van der Waals surface area (Å²) in [5.74, 6) is -0.459. The zero-order valence-corrected chi connectivity index (χ0v) is 18.1. The van der Waals surface area contributed by atoms with Gasteiger partial charge in [0.1, 0.15) is 13.2 Å². The average Bonchev–Trinajstić information content (AvgIpc) is 2.80. The van der Waals surface area contributed by atoms with Crippen LogP contribution in [0.1, 0.15) is 19.3 Å². The number of nitrogens with zero attached hydrogens (tertiary/aromatic N) is 3. The maximum atomic E-state index is 13.0. The van der Waals surface area contributed by atoms with Crippen LogP contribution in [0.5, 0.6) is 11.5 Å². The standard InChI is InChI=1S/C20H25N3O7S/c1-22(8-2-7-21)19(24)14-30-20(25)15-5-9-23(10-6-15)31(26,27)16-3-4-17-18(13-16)29-12-11-28-17/h3-4,13,15H,2,5-6,8-12,14H2,1H3. The fraction of sp³-hybridized carbons (Fsp3) is 0.550. The van der Waals surface area contributed by atoms with Gasteiger partial charge in [-0.15, -0.1) is 0 Å². The van der Waals surface area contributed by atoms with Crippen LogP contribution in [0, 0.1) is 17.2 Å². The summed E-state index contributed by atoms with van der Waals surface area (Å²) >= 11 is 0. The number of nitriles is 1. The molecular formula is C20H25N3O7S. The van der Waals surface area contributed by atoms with E-state index in [1.165, 1.54) is 28.4 Å². The Morgan fingerprint density at radius 1 is 1.23 bits per heavy atom. The van der Waals surface area contributed by atoms with Gasteiger partial charge in [-0.1, -0.05) is 0 Å². The minimum absolute atomic E-state index is 0.115.